The second kappa shape index (κ2) is 2.92. The molecule has 0 amide bonds. The minimum atomic E-state index is 0.639. The van der Waals surface area contributed by atoms with Crippen molar-refractivity contribution in [3.05, 3.63) is 10.6 Å². The number of hydrogen-bond acceptors (Lipinski definition) is 2. The summed E-state index contributed by atoms with van der Waals surface area (Å²) in [6.45, 7) is 2.14. The average molecular weight is 209 g/mol. The highest BCUT2D eigenvalue weighted by Crippen LogP contribution is 2.56. The molecule has 2 unspecified atom stereocenters. The highest BCUT2D eigenvalue weighted by Gasteiger charge is 2.46. The summed E-state index contributed by atoms with van der Waals surface area (Å²) in [7, 11) is 0. The number of aromatic amines is 1. The maximum absolute atomic E-state index is 5.27. The van der Waals surface area contributed by atoms with Crippen molar-refractivity contribution in [1.82, 2.24) is 14.8 Å². The van der Waals surface area contributed by atoms with E-state index in [2.05, 4.69) is 21.7 Å². The van der Waals surface area contributed by atoms with Gasteiger partial charge >= 0.3 is 0 Å². The minimum Gasteiger partial charge on any atom is -0.301 e. The molecule has 0 radical (unpaired) electrons. The Labute approximate surface area is 88.5 Å². The van der Waals surface area contributed by atoms with Gasteiger partial charge in [-0.25, -0.2) is 0 Å². The average Bonchev–Trinajstić information content (AvgIpc) is 2.64. The molecule has 1 heterocycles. The van der Waals surface area contributed by atoms with Crippen LogP contribution in [0.2, 0.25) is 0 Å². The molecule has 3 rings (SSSR count). The summed E-state index contributed by atoms with van der Waals surface area (Å²) in [6, 6.07) is 0.639. The van der Waals surface area contributed by atoms with Crippen molar-refractivity contribution in [2.45, 2.75) is 38.6 Å². The molecule has 1 aromatic rings. The van der Waals surface area contributed by atoms with Crippen molar-refractivity contribution in [3.8, 4) is 0 Å². The van der Waals surface area contributed by atoms with Crippen molar-refractivity contribution in [1.29, 1.82) is 0 Å². The van der Waals surface area contributed by atoms with Gasteiger partial charge in [0.25, 0.3) is 0 Å². The van der Waals surface area contributed by atoms with E-state index in [1.807, 2.05) is 0 Å². The van der Waals surface area contributed by atoms with Gasteiger partial charge < -0.3 is 4.57 Å². The molecule has 0 aliphatic heterocycles. The first-order valence-electron chi connectivity index (χ1n) is 5.45. The quantitative estimate of drug-likeness (QED) is 0.759. The first kappa shape index (κ1) is 8.65. The molecular weight excluding hydrogens is 194 g/mol. The zero-order chi connectivity index (χ0) is 9.71. The lowest BCUT2D eigenvalue weighted by Crippen LogP contribution is -2.10. The summed E-state index contributed by atoms with van der Waals surface area (Å²) in [5.74, 6) is 3.13. The molecule has 0 bridgehead atoms. The molecule has 1 N–H and O–H groups in total. The van der Waals surface area contributed by atoms with Gasteiger partial charge in [0.15, 0.2) is 4.77 Å². The fourth-order valence-electron chi connectivity index (χ4n) is 2.86. The molecule has 0 spiro atoms. The largest absolute Gasteiger partial charge is 0.301 e. The van der Waals surface area contributed by atoms with Gasteiger partial charge in [-0.05, 0) is 43.3 Å². The first-order valence-corrected chi connectivity index (χ1v) is 5.86. The van der Waals surface area contributed by atoms with E-state index in [1.165, 1.54) is 19.3 Å². The third kappa shape index (κ3) is 1.16. The van der Waals surface area contributed by atoms with Gasteiger partial charge in [0.1, 0.15) is 5.82 Å². The van der Waals surface area contributed by atoms with Crippen molar-refractivity contribution < 1.29 is 0 Å². The number of fused-ring (bicyclic) bond motifs is 1. The van der Waals surface area contributed by atoms with Crippen LogP contribution in [0.4, 0.5) is 0 Å². The number of hydrogen-bond donors (Lipinski definition) is 1. The van der Waals surface area contributed by atoms with Crippen LogP contribution < -0.4 is 0 Å². The third-order valence-corrected chi connectivity index (χ3v) is 3.97. The number of nitrogens with zero attached hydrogens (tertiary/aromatic N) is 2. The second-order valence-electron chi connectivity index (χ2n) is 4.55. The SMILES string of the molecule is CCc1n[nH]c(=S)n1C1CC2CC2C1. The molecule has 2 saturated carbocycles. The Morgan fingerprint density at radius 3 is 2.79 bits per heavy atom. The van der Waals surface area contributed by atoms with Gasteiger partial charge in [-0.15, -0.1) is 0 Å². The van der Waals surface area contributed by atoms with Gasteiger partial charge in [0, 0.05) is 12.5 Å². The smallest absolute Gasteiger partial charge is 0.195 e. The summed E-state index contributed by atoms with van der Waals surface area (Å²) in [5, 5.41) is 7.17. The van der Waals surface area contributed by atoms with E-state index in [1.54, 1.807) is 0 Å². The van der Waals surface area contributed by atoms with Crippen LogP contribution in [-0.4, -0.2) is 14.8 Å². The van der Waals surface area contributed by atoms with Crippen LogP contribution in [0, 0.1) is 16.6 Å². The Morgan fingerprint density at radius 1 is 1.43 bits per heavy atom. The van der Waals surface area contributed by atoms with E-state index in [9.17, 15) is 0 Å². The lowest BCUT2D eigenvalue weighted by molar-refractivity contribution is 0.449. The molecule has 2 fully saturated rings. The fraction of sp³-hybridized carbons (Fsp3) is 0.800. The van der Waals surface area contributed by atoms with E-state index >= 15 is 0 Å². The zero-order valence-electron chi connectivity index (χ0n) is 8.36. The molecule has 2 aliphatic carbocycles. The summed E-state index contributed by atoms with van der Waals surface area (Å²) >= 11 is 5.27. The molecule has 76 valence electrons. The van der Waals surface area contributed by atoms with Gasteiger partial charge in [-0.3, -0.25) is 5.10 Å². The van der Waals surface area contributed by atoms with E-state index < -0.39 is 0 Å². The standard InChI is InChI=1S/C10H15N3S/c1-2-9-11-12-10(14)13(9)8-4-6-3-7(6)5-8/h6-8H,2-5H2,1H3,(H,12,14). The van der Waals surface area contributed by atoms with E-state index in [0.29, 0.717) is 6.04 Å². The topological polar surface area (TPSA) is 33.6 Å². The van der Waals surface area contributed by atoms with Crippen molar-refractivity contribution in [3.63, 3.8) is 0 Å². The van der Waals surface area contributed by atoms with Crippen LogP contribution in [0.1, 0.15) is 38.1 Å². The highest BCUT2D eigenvalue weighted by molar-refractivity contribution is 7.71. The Balaban J connectivity index is 1.94. The number of nitrogens with one attached hydrogen (secondary N) is 1. The normalized spacial score (nSPS) is 34.5. The molecule has 0 aromatic carbocycles. The molecule has 0 saturated heterocycles. The summed E-state index contributed by atoms with van der Waals surface area (Å²) in [6.07, 6.45) is 5.08. The van der Waals surface area contributed by atoms with Crippen LogP contribution in [-0.2, 0) is 6.42 Å². The molecule has 4 heteroatoms. The van der Waals surface area contributed by atoms with Crippen LogP contribution in [0.15, 0.2) is 0 Å². The maximum atomic E-state index is 5.27. The predicted molar refractivity (Wildman–Crippen MR) is 56.7 cm³/mol. The number of rotatable bonds is 2. The first-order chi connectivity index (χ1) is 6.79. The Morgan fingerprint density at radius 2 is 2.14 bits per heavy atom. The van der Waals surface area contributed by atoms with Crippen LogP contribution >= 0.6 is 12.2 Å². The predicted octanol–water partition coefficient (Wildman–Crippen LogP) is 2.47. The minimum absolute atomic E-state index is 0.639. The number of aryl methyl sites for hydroxylation is 1. The Bertz CT molecular complexity index is 396. The molecule has 2 atom stereocenters. The lowest BCUT2D eigenvalue weighted by atomic mass is 10.1. The van der Waals surface area contributed by atoms with E-state index in [0.717, 1.165) is 28.9 Å². The maximum Gasteiger partial charge on any atom is 0.195 e. The van der Waals surface area contributed by atoms with Crippen molar-refractivity contribution in [2.24, 2.45) is 11.8 Å². The molecule has 14 heavy (non-hydrogen) atoms. The second-order valence-corrected chi connectivity index (χ2v) is 4.94. The number of aromatic nitrogens is 3. The van der Waals surface area contributed by atoms with Crippen LogP contribution in [0.5, 0.6) is 0 Å². The molecule has 1 aromatic heterocycles. The van der Waals surface area contributed by atoms with Gasteiger partial charge in [-0.2, -0.15) is 5.10 Å². The van der Waals surface area contributed by atoms with Gasteiger partial charge in [0.2, 0.25) is 0 Å². The van der Waals surface area contributed by atoms with Crippen LogP contribution in [0.25, 0.3) is 0 Å². The van der Waals surface area contributed by atoms with Crippen molar-refractivity contribution in [2.75, 3.05) is 0 Å². The third-order valence-electron chi connectivity index (χ3n) is 3.68. The lowest BCUT2D eigenvalue weighted by Gasteiger charge is -2.15. The Hall–Kier alpha value is -0.640. The fourth-order valence-corrected chi connectivity index (χ4v) is 3.16. The van der Waals surface area contributed by atoms with Gasteiger partial charge in [-0.1, -0.05) is 6.92 Å². The summed E-state index contributed by atoms with van der Waals surface area (Å²) in [4.78, 5) is 0. The summed E-state index contributed by atoms with van der Waals surface area (Å²) < 4.78 is 3.06. The molecule has 3 nitrogen and oxygen atoms in total. The highest BCUT2D eigenvalue weighted by atomic mass is 32.1. The van der Waals surface area contributed by atoms with Crippen molar-refractivity contribution >= 4 is 12.2 Å². The number of H-pyrrole nitrogens is 1. The zero-order valence-corrected chi connectivity index (χ0v) is 9.18. The van der Waals surface area contributed by atoms with E-state index in [-0.39, 0.29) is 0 Å². The Kier molecular flexibility index (Phi) is 1.81. The molecular formula is C10H15N3S. The monoisotopic (exact) mass is 209 g/mol. The van der Waals surface area contributed by atoms with E-state index in [4.69, 9.17) is 12.2 Å². The summed E-state index contributed by atoms with van der Waals surface area (Å²) in [5.41, 5.74) is 0. The van der Waals surface area contributed by atoms with Gasteiger partial charge in [0.05, 0.1) is 0 Å². The van der Waals surface area contributed by atoms with Crippen LogP contribution in [0.3, 0.4) is 0 Å². The molecule has 2 aliphatic rings.